The number of hydrogen-bond acceptors (Lipinski definition) is 3. The molecule has 1 N–H and O–H groups in total. The number of hydrogen-bond donors (Lipinski definition) is 1. The van der Waals surface area contributed by atoms with Crippen LogP contribution >= 0.6 is 0 Å². The number of benzene rings is 2. The summed E-state index contributed by atoms with van der Waals surface area (Å²) in [5, 5.41) is 2.80. The topological polar surface area (TPSA) is 56.1 Å². The lowest BCUT2D eigenvalue weighted by atomic mass is 10.0. The fraction of sp³-hybridized carbons (Fsp3) is 0.200. The second-order valence-electron chi connectivity index (χ2n) is 6.06. The second kappa shape index (κ2) is 7.99. The van der Waals surface area contributed by atoms with Gasteiger partial charge in [-0.3, -0.25) is 4.79 Å². The predicted molar refractivity (Wildman–Crippen MR) is 96.2 cm³/mol. The van der Waals surface area contributed by atoms with Gasteiger partial charge in [0.25, 0.3) is 0 Å². The summed E-state index contributed by atoms with van der Waals surface area (Å²) in [6.45, 7) is 0. The molecule has 2 aromatic carbocycles. The van der Waals surface area contributed by atoms with Crippen LogP contribution in [0.4, 0.5) is 8.78 Å². The fourth-order valence-electron chi connectivity index (χ4n) is 2.86. The van der Waals surface area contributed by atoms with Gasteiger partial charge in [0.05, 0.1) is 13.5 Å². The third-order valence-electron chi connectivity index (χ3n) is 4.22. The van der Waals surface area contributed by atoms with E-state index >= 15 is 0 Å². The molecule has 5 nitrogen and oxygen atoms in total. The molecule has 0 radical (unpaired) electrons. The molecular formula is C20H19F2N3O2. The molecule has 0 aliphatic heterocycles. The third-order valence-corrected chi connectivity index (χ3v) is 4.22. The summed E-state index contributed by atoms with van der Waals surface area (Å²) in [6, 6.07) is 9.76. The number of halogens is 2. The molecule has 0 saturated carbocycles. The van der Waals surface area contributed by atoms with Crippen molar-refractivity contribution in [3.05, 3.63) is 83.4 Å². The Labute approximate surface area is 155 Å². The number of aromatic nitrogens is 2. The normalized spacial score (nSPS) is 11.9. The molecule has 1 heterocycles. The molecule has 0 aliphatic rings. The Morgan fingerprint density at radius 2 is 2.00 bits per heavy atom. The van der Waals surface area contributed by atoms with Crippen molar-refractivity contribution < 1.29 is 18.3 Å². The Morgan fingerprint density at radius 3 is 2.63 bits per heavy atom. The molecule has 0 unspecified atom stereocenters. The van der Waals surface area contributed by atoms with Crippen LogP contribution in [-0.2, 0) is 18.3 Å². The summed E-state index contributed by atoms with van der Waals surface area (Å²) < 4.78 is 34.8. The highest BCUT2D eigenvalue weighted by atomic mass is 19.1. The highest BCUT2D eigenvalue weighted by Gasteiger charge is 2.23. The molecule has 0 fully saturated rings. The van der Waals surface area contributed by atoms with Crippen LogP contribution in [0.25, 0.3) is 0 Å². The summed E-state index contributed by atoms with van der Waals surface area (Å²) in [4.78, 5) is 16.8. The Morgan fingerprint density at radius 1 is 1.22 bits per heavy atom. The number of carbonyl (C=O) groups is 1. The lowest BCUT2D eigenvalue weighted by Gasteiger charge is -2.20. The van der Waals surface area contributed by atoms with E-state index in [4.69, 9.17) is 4.74 Å². The van der Waals surface area contributed by atoms with Gasteiger partial charge in [0.15, 0.2) is 11.6 Å². The smallest absolute Gasteiger partial charge is 0.225 e. The molecule has 1 atom stereocenters. The van der Waals surface area contributed by atoms with Crippen molar-refractivity contribution in [1.29, 1.82) is 0 Å². The zero-order chi connectivity index (χ0) is 19.4. The molecule has 7 heteroatoms. The zero-order valence-corrected chi connectivity index (χ0v) is 14.9. The molecule has 3 aromatic rings. The number of imidazole rings is 1. The van der Waals surface area contributed by atoms with Gasteiger partial charge in [0, 0.05) is 25.0 Å². The van der Waals surface area contributed by atoms with Gasteiger partial charge in [0.1, 0.15) is 17.7 Å². The first-order valence-electron chi connectivity index (χ1n) is 8.33. The Hall–Kier alpha value is -3.22. The number of ether oxygens (including phenoxy) is 1. The summed E-state index contributed by atoms with van der Waals surface area (Å²) >= 11 is 0. The van der Waals surface area contributed by atoms with Gasteiger partial charge >= 0.3 is 0 Å². The van der Waals surface area contributed by atoms with Crippen molar-refractivity contribution in [2.75, 3.05) is 7.11 Å². The van der Waals surface area contributed by atoms with Crippen LogP contribution in [0.15, 0.2) is 54.9 Å². The number of methoxy groups -OCH3 is 1. The average Bonchev–Trinajstić information content (AvgIpc) is 3.06. The molecule has 3 rings (SSSR count). The van der Waals surface area contributed by atoms with E-state index in [0.29, 0.717) is 17.0 Å². The van der Waals surface area contributed by atoms with Crippen molar-refractivity contribution in [3.63, 3.8) is 0 Å². The molecule has 1 aromatic heterocycles. The maximum atomic E-state index is 14.3. The van der Waals surface area contributed by atoms with Gasteiger partial charge in [-0.15, -0.1) is 0 Å². The molecular weight excluding hydrogens is 352 g/mol. The van der Waals surface area contributed by atoms with E-state index in [-0.39, 0.29) is 18.1 Å². The van der Waals surface area contributed by atoms with E-state index in [0.717, 1.165) is 0 Å². The maximum Gasteiger partial charge on any atom is 0.225 e. The maximum absolute atomic E-state index is 14.3. The van der Waals surface area contributed by atoms with Crippen LogP contribution in [-0.4, -0.2) is 22.6 Å². The van der Waals surface area contributed by atoms with E-state index in [1.165, 1.54) is 25.3 Å². The number of amides is 1. The first-order chi connectivity index (χ1) is 13.0. The first kappa shape index (κ1) is 18.6. The average molecular weight is 371 g/mol. The van der Waals surface area contributed by atoms with Gasteiger partial charge in [-0.25, -0.2) is 13.8 Å². The van der Waals surface area contributed by atoms with E-state index in [9.17, 15) is 13.6 Å². The van der Waals surface area contributed by atoms with Crippen LogP contribution in [0.5, 0.6) is 5.75 Å². The number of carbonyl (C=O) groups excluding carboxylic acids is 1. The third kappa shape index (κ3) is 4.13. The van der Waals surface area contributed by atoms with Gasteiger partial charge in [0.2, 0.25) is 5.91 Å². The van der Waals surface area contributed by atoms with Crippen molar-refractivity contribution in [3.8, 4) is 5.75 Å². The van der Waals surface area contributed by atoms with Crippen LogP contribution in [0.3, 0.4) is 0 Å². The minimum atomic E-state index is -0.762. The van der Waals surface area contributed by atoms with Crippen molar-refractivity contribution in [2.24, 2.45) is 7.05 Å². The molecule has 0 bridgehead atoms. The molecule has 1 amide bonds. The summed E-state index contributed by atoms with van der Waals surface area (Å²) in [7, 11) is 3.14. The Balaban J connectivity index is 1.84. The number of aryl methyl sites for hydroxylation is 1. The quantitative estimate of drug-likeness (QED) is 0.724. The monoisotopic (exact) mass is 371 g/mol. The van der Waals surface area contributed by atoms with Crippen molar-refractivity contribution in [1.82, 2.24) is 14.9 Å². The van der Waals surface area contributed by atoms with Crippen LogP contribution in [0.2, 0.25) is 0 Å². The molecule has 0 spiro atoms. The molecule has 27 heavy (non-hydrogen) atoms. The van der Waals surface area contributed by atoms with E-state index in [1.54, 1.807) is 48.3 Å². The molecule has 0 aliphatic carbocycles. The van der Waals surface area contributed by atoms with Gasteiger partial charge in [-0.1, -0.05) is 24.3 Å². The minimum Gasteiger partial charge on any atom is -0.494 e. The van der Waals surface area contributed by atoms with Crippen LogP contribution in [0, 0.1) is 11.6 Å². The summed E-state index contributed by atoms with van der Waals surface area (Å²) in [5.41, 5.74) is 0.791. The van der Waals surface area contributed by atoms with Crippen molar-refractivity contribution in [2.45, 2.75) is 12.5 Å². The SMILES string of the molecule is COc1ccc(CC(=O)N[C@@H](c2ccccc2F)c2nccn2C)cc1F. The highest BCUT2D eigenvalue weighted by Crippen LogP contribution is 2.23. The van der Waals surface area contributed by atoms with E-state index < -0.39 is 17.7 Å². The number of rotatable bonds is 6. The molecule has 140 valence electrons. The lowest BCUT2D eigenvalue weighted by Crippen LogP contribution is -2.32. The van der Waals surface area contributed by atoms with Gasteiger partial charge in [-0.05, 0) is 23.8 Å². The standard InChI is InChI=1S/C20H19F2N3O2/c1-25-10-9-23-20(25)19(14-5-3-4-6-15(14)21)24-18(26)12-13-7-8-17(27-2)16(22)11-13/h3-11,19H,12H2,1-2H3,(H,24,26)/t19-/m0/s1. The summed E-state index contributed by atoms with van der Waals surface area (Å²) in [6.07, 6.45) is 3.23. The lowest BCUT2D eigenvalue weighted by molar-refractivity contribution is -0.121. The van der Waals surface area contributed by atoms with Gasteiger partial charge in [-0.2, -0.15) is 0 Å². The largest absolute Gasteiger partial charge is 0.494 e. The second-order valence-corrected chi connectivity index (χ2v) is 6.06. The zero-order valence-electron chi connectivity index (χ0n) is 14.9. The molecule has 0 saturated heterocycles. The van der Waals surface area contributed by atoms with Crippen molar-refractivity contribution >= 4 is 5.91 Å². The minimum absolute atomic E-state index is 0.0592. The Bertz CT molecular complexity index is 956. The van der Waals surface area contributed by atoms with Gasteiger partial charge < -0.3 is 14.6 Å². The predicted octanol–water partition coefficient (Wildman–Crippen LogP) is 3.16. The van der Waals surface area contributed by atoms with E-state index in [2.05, 4.69) is 10.3 Å². The first-order valence-corrected chi connectivity index (χ1v) is 8.33. The van der Waals surface area contributed by atoms with Crippen LogP contribution < -0.4 is 10.1 Å². The Kier molecular flexibility index (Phi) is 5.49. The van der Waals surface area contributed by atoms with E-state index in [1.807, 2.05) is 0 Å². The summed E-state index contributed by atoms with van der Waals surface area (Å²) in [5.74, 6) is -0.763. The fourth-order valence-corrected chi connectivity index (χ4v) is 2.86. The highest BCUT2D eigenvalue weighted by molar-refractivity contribution is 5.79. The number of nitrogens with one attached hydrogen (secondary N) is 1. The van der Waals surface area contributed by atoms with Crippen LogP contribution in [0.1, 0.15) is 23.0 Å². The number of nitrogens with zero attached hydrogens (tertiary/aromatic N) is 2.